The van der Waals surface area contributed by atoms with Crippen LogP contribution in [0.25, 0.3) is 0 Å². The fraction of sp³-hybridized carbons (Fsp3) is 0.692. The first-order chi connectivity index (χ1) is 8.88. The molecule has 0 bridgehead atoms. The minimum atomic E-state index is 0.686. The molecule has 2 rings (SSSR count). The van der Waals surface area contributed by atoms with Gasteiger partial charge < -0.3 is 10.1 Å². The van der Waals surface area contributed by atoms with Gasteiger partial charge in [0.05, 0.1) is 6.61 Å². The molecule has 100 valence electrons. The molecule has 1 saturated heterocycles. The molecule has 1 fully saturated rings. The van der Waals surface area contributed by atoms with Crippen molar-refractivity contribution in [3.8, 4) is 5.88 Å². The van der Waals surface area contributed by atoms with Crippen LogP contribution in [0.4, 0.5) is 0 Å². The Morgan fingerprint density at radius 3 is 3.22 bits per heavy atom. The van der Waals surface area contributed by atoms with Gasteiger partial charge in [-0.3, -0.25) is 0 Å². The molecule has 0 spiro atoms. The number of rotatable bonds is 6. The van der Waals surface area contributed by atoms with Crippen LogP contribution in [0.3, 0.4) is 0 Å². The van der Waals surface area contributed by atoms with Crippen LogP contribution in [0.15, 0.2) is 17.4 Å². The Bertz CT molecular complexity index is 356. The van der Waals surface area contributed by atoms with Crippen molar-refractivity contribution < 1.29 is 4.74 Å². The minimum absolute atomic E-state index is 0.686. The molecular formula is C13H21N3OS. The first kappa shape index (κ1) is 13.6. The number of hydrogen-bond acceptors (Lipinski definition) is 5. The normalized spacial score (nSPS) is 19.7. The quantitative estimate of drug-likeness (QED) is 0.487. The number of piperidine rings is 1. The number of hydrogen-bond donors (Lipinski definition) is 1. The van der Waals surface area contributed by atoms with Gasteiger partial charge >= 0.3 is 0 Å². The largest absolute Gasteiger partial charge is 0.478 e. The maximum atomic E-state index is 5.65. The fourth-order valence-corrected chi connectivity index (χ4v) is 2.53. The van der Waals surface area contributed by atoms with Gasteiger partial charge in [-0.15, -0.1) is 0 Å². The van der Waals surface area contributed by atoms with Gasteiger partial charge in [0, 0.05) is 18.3 Å². The third kappa shape index (κ3) is 4.46. The second-order valence-electron chi connectivity index (χ2n) is 4.52. The second-order valence-corrected chi connectivity index (χ2v) is 5.29. The molecule has 18 heavy (non-hydrogen) atoms. The van der Waals surface area contributed by atoms with Crippen molar-refractivity contribution in [3.63, 3.8) is 0 Å². The van der Waals surface area contributed by atoms with Crippen LogP contribution in [-0.4, -0.2) is 35.4 Å². The molecule has 0 aliphatic carbocycles. The number of thioether (sulfide) groups is 1. The lowest BCUT2D eigenvalue weighted by Crippen LogP contribution is -2.34. The Labute approximate surface area is 113 Å². The van der Waals surface area contributed by atoms with Crippen molar-refractivity contribution in [3.05, 3.63) is 12.3 Å². The van der Waals surface area contributed by atoms with Crippen LogP contribution in [-0.2, 0) is 0 Å². The predicted molar refractivity (Wildman–Crippen MR) is 74.2 cm³/mol. The van der Waals surface area contributed by atoms with Crippen LogP contribution >= 0.6 is 11.8 Å². The van der Waals surface area contributed by atoms with E-state index in [1.807, 2.05) is 12.3 Å². The van der Waals surface area contributed by atoms with E-state index >= 15 is 0 Å². The van der Waals surface area contributed by atoms with Crippen LogP contribution in [0.1, 0.15) is 32.1 Å². The van der Waals surface area contributed by atoms with Crippen molar-refractivity contribution in [2.24, 2.45) is 0 Å². The Hall–Kier alpha value is -0.810. The van der Waals surface area contributed by atoms with E-state index in [0.29, 0.717) is 11.9 Å². The van der Waals surface area contributed by atoms with E-state index < -0.39 is 0 Å². The number of nitrogens with zero attached hydrogens (tertiary/aromatic N) is 2. The van der Waals surface area contributed by atoms with Gasteiger partial charge in [0.15, 0.2) is 5.16 Å². The molecule has 0 unspecified atom stereocenters. The van der Waals surface area contributed by atoms with Crippen LogP contribution in [0.5, 0.6) is 5.88 Å². The molecule has 1 aliphatic heterocycles. The zero-order valence-electron chi connectivity index (χ0n) is 10.9. The summed E-state index contributed by atoms with van der Waals surface area (Å²) in [6, 6.07) is 2.51. The average Bonchev–Trinajstić information content (AvgIpc) is 2.45. The highest BCUT2D eigenvalue weighted by Gasteiger charge is 2.11. The van der Waals surface area contributed by atoms with Crippen molar-refractivity contribution in [2.75, 3.05) is 19.4 Å². The summed E-state index contributed by atoms with van der Waals surface area (Å²) in [4.78, 5) is 8.41. The Morgan fingerprint density at radius 2 is 2.44 bits per heavy atom. The van der Waals surface area contributed by atoms with E-state index in [2.05, 4.69) is 15.3 Å². The van der Waals surface area contributed by atoms with Gasteiger partial charge in [-0.05, 0) is 38.5 Å². The maximum absolute atomic E-state index is 5.65. The summed E-state index contributed by atoms with van der Waals surface area (Å²) in [6.07, 6.45) is 9.98. The highest BCUT2D eigenvalue weighted by atomic mass is 32.2. The lowest BCUT2D eigenvalue weighted by Gasteiger charge is -2.23. The van der Waals surface area contributed by atoms with Crippen molar-refractivity contribution in [1.82, 2.24) is 15.3 Å². The Balaban J connectivity index is 1.65. The Morgan fingerprint density at radius 1 is 1.50 bits per heavy atom. The van der Waals surface area contributed by atoms with Crippen molar-refractivity contribution in [2.45, 2.75) is 43.3 Å². The molecule has 1 N–H and O–H groups in total. The first-order valence-corrected chi connectivity index (χ1v) is 7.84. The average molecular weight is 267 g/mol. The summed E-state index contributed by atoms with van der Waals surface area (Å²) < 4.78 is 5.65. The zero-order valence-corrected chi connectivity index (χ0v) is 11.7. The lowest BCUT2D eigenvalue weighted by atomic mass is 10.0. The minimum Gasteiger partial charge on any atom is -0.478 e. The van der Waals surface area contributed by atoms with Crippen LogP contribution in [0, 0.1) is 0 Å². The standard InChI is InChI=1S/C13H21N3OS/c1-18-13-15-9-7-12(16-13)17-10-4-6-11-5-2-3-8-14-11/h7,9,11,14H,2-6,8,10H2,1H3/t11-/m1/s1. The fourth-order valence-electron chi connectivity index (χ4n) is 2.18. The zero-order chi connectivity index (χ0) is 12.6. The molecule has 0 saturated carbocycles. The van der Waals surface area contributed by atoms with E-state index in [4.69, 9.17) is 4.74 Å². The van der Waals surface area contributed by atoms with Gasteiger partial charge in [0.25, 0.3) is 0 Å². The lowest BCUT2D eigenvalue weighted by molar-refractivity contribution is 0.274. The van der Waals surface area contributed by atoms with Gasteiger partial charge in [-0.1, -0.05) is 18.2 Å². The number of ether oxygens (including phenoxy) is 1. The molecule has 2 heterocycles. The van der Waals surface area contributed by atoms with Crippen LogP contribution < -0.4 is 10.1 Å². The van der Waals surface area contributed by atoms with E-state index in [-0.39, 0.29) is 0 Å². The van der Waals surface area contributed by atoms with E-state index in [0.717, 1.165) is 18.2 Å². The summed E-state index contributed by atoms with van der Waals surface area (Å²) in [5.74, 6) is 0.686. The topological polar surface area (TPSA) is 47.0 Å². The van der Waals surface area contributed by atoms with Crippen molar-refractivity contribution >= 4 is 11.8 Å². The molecule has 4 nitrogen and oxygen atoms in total. The molecule has 0 aromatic carbocycles. The molecule has 1 aliphatic rings. The Kier molecular flexibility index (Phi) is 5.74. The summed E-state index contributed by atoms with van der Waals surface area (Å²) in [5, 5.41) is 4.32. The van der Waals surface area contributed by atoms with Crippen molar-refractivity contribution in [1.29, 1.82) is 0 Å². The predicted octanol–water partition coefficient (Wildman–Crippen LogP) is 2.50. The molecule has 0 amide bonds. The second kappa shape index (κ2) is 7.59. The van der Waals surface area contributed by atoms with Gasteiger partial charge in [-0.2, -0.15) is 4.98 Å². The van der Waals surface area contributed by atoms with E-state index in [9.17, 15) is 0 Å². The summed E-state index contributed by atoms with van der Waals surface area (Å²) in [7, 11) is 0. The van der Waals surface area contributed by atoms with E-state index in [1.165, 1.54) is 44.0 Å². The monoisotopic (exact) mass is 267 g/mol. The summed E-state index contributed by atoms with van der Waals surface area (Å²) in [6.45, 7) is 1.91. The van der Waals surface area contributed by atoms with Gasteiger partial charge in [0.2, 0.25) is 5.88 Å². The molecule has 5 heteroatoms. The third-order valence-corrected chi connectivity index (χ3v) is 3.71. The highest BCUT2D eigenvalue weighted by Crippen LogP contribution is 2.14. The molecule has 1 aromatic heterocycles. The molecule has 0 radical (unpaired) electrons. The SMILES string of the molecule is CSc1nccc(OCCC[C@H]2CCCCN2)n1. The van der Waals surface area contributed by atoms with Gasteiger partial charge in [-0.25, -0.2) is 4.98 Å². The number of aromatic nitrogens is 2. The van der Waals surface area contributed by atoms with Gasteiger partial charge in [0.1, 0.15) is 0 Å². The maximum Gasteiger partial charge on any atom is 0.217 e. The molecular weight excluding hydrogens is 246 g/mol. The van der Waals surface area contributed by atoms with Crippen LogP contribution in [0.2, 0.25) is 0 Å². The number of nitrogens with one attached hydrogen (secondary N) is 1. The van der Waals surface area contributed by atoms with E-state index in [1.54, 1.807) is 6.20 Å². The summed E-state index contributed by atoms with van der Waals surface area (Å²) in [5.41, 5.74) is 0. The highest BCUT2D eigenvalue weighted by molar-refractivity contribution is 7.98. The smallest absolute Gasteiger partial charge is 0.217 e. The molecule has 1 aromatic rings. The summed E-state index contributed by atoms with van der Waals surface area (Å²) >= 11 is 1.53. The first-order valence-electron chi connectivity index (χ1n) is 6.61. The molecule has 1 atom stereocenters. The third-order valence-electron chi connectivity index (χ3n) is 3.15.